The van der Waals surface area contributed by atoms with E-state index in [0.29, 0.717) is 19.8 Å². The van der Waals surface area contributed by atoms with Crippen molar-refractivity contribution in [2.75, 3.05) is 26.4 Å². The molecule has 0 aromatic carbocycles. The molecule has 18 heavy (non-hydrogen) atoms. The second kappa shape index (κ2) is 8.89. The highest BCUT2D eigenvalue weighted by molar-refractivity contribution is 4.88. The summed E-state index contributed by atoms with van der Waals surface area (Å²) in [6, 6.07) is 0. The number of hydrogen-bond donors (Lipinski definition) is 1. The van der Waals surface area contributed by atoms with Gasteiger partial charge in [-0.2, -0.15) is 0 Å². The number of nitrogens with two attached hydrogens (primary N) is 1. The topological polar surface area (TPSA) is 44.5 Å². The van der Waals surface area contributed by atoms with Gasteiger partial charge in [-0.3, -0.25) is 0 Å². The van der Waals surface area contributed by atoms with Gasteiger partial charge in [-0.25, -0.2) is 0 Å². The van der Waals surface area contributed by atoms with E-state index in [4.69, 9.17) is 15.2 Å². The van der Waals surface area contributed by atoms with E-state index in [0.717, 1.165) is 31.8 Å². The van der Waals surface area contributed by atoms with Crippen molar-refractivity contribution < 1.29 is 9.47 Å². The van der Waals surface area contributed by atoms with Crippen LogP contribution in [0.2, 0.25) is 0 Å². The minimum atomic E-state index is -0.0558. The summed E-state index contributed by atoms with van der Waals surface area (Å²) >= 11 is 0. The molecule has 1 aliphatic carbocycles. The molecule has 0 amide bonds. The van der Waals surface area contributed by atoms with Gasteiger partial charge in [-0.1, -0.05) is 26.7 Å². The first-order valence-electron chi connectivity index (χ1n) is 7.68. The Morgan fingerprint density at radius 2 is 1.83 bits per heavy atom. The fourth-order valence-electron chi connectivity index (χ4n) is 2.68. The molecule has 0 bridgehead atoms. The third-order valence-electron chi connectivity index (χ3n) is 4.24. The minimum Gasteiger partial charge on any atom is -0.379 e. The van der Waals surface area contributed by atoms with Crippen molar-refractivity contribution in [2.24, 2.45) is 11.7 Å². The molecule has 0 saturated heterocycles. The van der Waals surface area contributed by atoms with Crippen molar-refractivity contribution in [1.29, 1.82) is 0 Å². The average Bonchev–Trinajstić information content (AvgIpc) is 2.43. The predicted molar refractivity (Wildman–Crippen MR) is 75.7 cm³/mol. The van der Waals surface area contributed by atoms with Gasteiger partial charge in [-0.15, -0.1) is 0 Å². The Kier molecular flexibility index (Phi) is 7.87. The molecule has 3 nitrogen and oxygen atoms in total. The largest absolute Gasteiger partial charge is 0.379 e. The molecule has 108 valence electrons. The fraction of sp³-hybridized carbons (Fsp3) is 1.00. The lowest BCUT2D eigenvalue weighted by Crippen LogP contribution is -2.44. The van der Waals surface area contributed by atoms with Gasteiger partial charge in [0.25, 0.3) is 0 Å². The van der Waals surface area contributed by atoms with Gasteiger partial charge in [0, 0.05) is 13.2 Å². The van der Waals surface area contributed by atoms with E-state index in [2.05, 4.69) is 13.8 Å². The van der Waals surface area contributed by atoms with Gasteiger partial charge in [0.2, 0.25) is 0 Å². The molecule has 0 aliphatic heterocycles. The summed E-state index contributed by atoms with van der Waals surface area (Å²) in [5.74, 6) is 0.883. The molecule has 0 heterocycles. The zero-order valence-corrected chi connectivity index (χ0v) is 12.2. The predicted octanol–water partition coefficient (Wildman–Crippen LogP) is 3.12. The van der Waals surface area contributed by atoms with E-state index in [-0.39, 0.29) is 5.60 Å². The lowest BCUT2D eigenvalue weighted by molar-refractivity contribution is -0.0885. The van der Waals surface area contributed by atoms with Crippen LogP contribution >= 0.6 is 0 Å². The quantitative estimate of drug-likeness (QED) is 0.645. The Morgan fingerprint density at radius 3 is 2.39 bits per heavy atom. The van der Waals surface area contributed by atoms with E-state index >= 15 is 0 Å². The molecule has 0 atom stereocenters. The van der Waals surface area contributed by atoms with Gasteiger partial charge in [0.05, 0.1) is 18.8 Å². The summed E-state index contributed by atoms with van der Waals surface area (Å²) in [5, 5.41) is 0. The molecule has 0 unspecified atom stereocenters. The first kappa shape index (κ1) is 15.9. The molecule has 1 fully saturated rings. The van der Waals surface area contributed by atoms with Crippen LogP contribution in [0, 0.1) is 5.92 Å². The highest BCUT2D eigenvalue weighted by Crippen LogP contribution is 2.35. The zero-order valence-electron chi connectivity index (χ0n) is 12.2. The van der Waals surface area contributed by atoms with Gasteiger partial charge in [-0.05, 0) is 38.0 Å². The van der Waals surface area contributed by atoms with Gasteiger partial charge >= 0.3 is 0 Å². The molecule has 0 aromatic rings. The molecule has 3 heteroatoms. The molecule has 1 aliphatic rings. The average molecular weight is 257 g/mol. The van der Waals surface area contributed by atoms with Crippen LogP contribution in [0.15, 0.2) is 0 Å². The second-order valence-electron chi connectivity index (χ2n) is 5.55. The molecule has 0 radical (unpaired) electrons. The van der Waals surface area contributed by atoms with Crippen LogP contribution in [0.5, 0.6) is 0 Å². The molecule has 0 aromatic heterocycles. The van der Waals surface area contributed by atoms with E-state index in [1.807, 2.05) is 0 Å². The Bertz CT molecular complexity index is 201. The fourth-order valence-corrected chi connectivity index (χ4v) is 2.68. The van der Waals surface area contributed by atoms with Crippen molar-refractivity contribution in [3.63, 3.8) is 0 Å². The first-order chi connectivity index (χ1) is 8.76. The van der Waals surface area contributed by atoms with E-state index in [1.165, 1.54) is 25.7 Å². The Balaban J connectivity index is 2.17. The first-order valence-corrected chi connectivity index (χ1v) is 7.68. The third-order valence-corrected chi connectivity index (χ3v) is 4.24. The Morgan fingerprint density at radius 1 is 1.11 bits per heavy atom. The summed E-state index contributed by atoms with van der Waals surface area (Å²) in [6.07, 6.45) is 8.40. The summed E-state index contributed by atoms with van der Waals surface area (Å²) in [5.41, 5.74) is 5.87. The standard InChI is InChI=1S/C15H31NO2/c1-3-5-10-17-11-12-18-15(13-16)8-6-14(4-2)7-9-15/h14H,3-13,16H2,1-2H3. The van der Waals surface area contributed by atoms with Gasteiger partial charge in [0.1, 0.15) is 0 Å². The van der Waals surface area contributed by atoms with Crippen LogP contribution in [0.25, 0.3) is 0 Å². The number of rotatable bonds is 9. The molecular formula is C15H31NO2. The summed E-state index contributed by atoms with van der Waals surface area (Å²) in [7, 11) is 0. The summed E-state index contributed by atoms with van der Waals surface area (Å²) in [4.78, 5) is 0. The smallest absolute Gasteiger partial charge is 0.0805 e. The van der Waals surface area contributed by atoms with Crippen molar-refractivity contribution >= 4 is 0 Å². The van der Waals surface area contributed by atoms with E-state index < -0.39 is 0 Å². The third kappa shape index (κ3) is 5.25. The van der Waals surface area contributed by atoms with Crippen molar-refractivity contribution in [3.8, 4) is 0 Å². The lowest BCUT2D eigenvalue weighted by Gasteiger charge is -2.39. The number of unbranched alkanes of at least 4 members (excludes halogenated alkanes) is 1. The number of hydrogen-bond acceptors (Lipinski definition) is 3. The van der Waals surface area contributed by atoms with Crippen LogP contribution < -0.4 is 5.73 Å². The van der Waals surface area contributed by atoms with Crippen molar-refractivity contribution in [3.05, 3.63) is 0 Å². The maximum atomic E-state index is 6.04. The zero-order chi connectivity index (χ0) is 13.3. The Hall–Kier alpha value is -0.120. The van der Waals surface area contributed by atoms with Crippen LogP contribution in [0.4, 0.5) is 0 Å². The second-order valence-corrected chi connectivity index (χ2v) is 5.55. The van der Waals surface area contributed by atoms with E-state index in [9.17, 15) is 0 Å². The van der Waals surface area contributed by atoms with Crippen LogP contribution in [0.1, 0.15) is 58.8 Å². The molecule has 1 saturated carbocycles. The number of ether oxygens (including phenoxy) is 2. The SMILES string of the molecule is CCCCOCCOC1(CN)CCC(CC)CC1. The van der Waals surface area contributed by atoms with Gasteiger partial charge in [0.15, 0.2) is 0 Å². The highest BCUT2D eigenvalue weighted by Gasteiger charge is 2.34. The van der Waals surface area contributed by atoms with Crippen molar-refractivity contribution in [2.45, 2.75) is 64.4 Å². The molecular weight excluding hydrogens is 226 g/mol. The molecule has 1 rings (SSSR count). The maximum absolute atomic E-state index is 6.04. The maximum Gasteiger partial charge on any atom is 0.0805 e. The molecule has 0 spiro atoms. The van der Waals surface area contributed by atoms with Crippen LogP contribution in [-0.2, 0) is 9.47 Å². The summed E-state index contributed by atoms with van der Waals surface area (Å²) < 4.78 is 11.6. The monoisotopic (exact) mass is 257 g/mol. The van der Waals surface area contributed by atoms with E-state index in [1.54, 1.807) is 0 Å². The highest BCUT2D eigenvalue weighted by atomic mass is 16.5. The Labute approximate surface area is 112 Å². The minimum absolute atomic E-state index is 0.0558. The molecule has 2 N–H and O–H groups in total. The van der Waals surface area contributed by atoms with Crippen LogP contribution in [0.3, 0.4) is 0 Å². The lowest BCUT2D eigenvalue weighted by atomic mass is 9.77. The van der Waals surface area contributed by atoms with Crippen LogP contribution in [-0.4, -0.2) is 32.0 Å². The van der Waals surface area contributed by atoms with Crippen molar-refractivity contribution in [1.82, 2.24) is 0 Å². The normalized spacial score (nSPS) is 28.5. The van der Waals surface area contributed by atoms with Gasteiger partial charge < -0.3 is 15.2 Å². The summed E-state index contributed by atoms with van der Waals surface area (Å²) in [6.45, 7) is 7.36.